The third kappa shape index (κ3) is 28.8. The smallest absolute Gasteiger partial charge is 0.222 e. The van der Waals surface area contributed by atoms with E-state index in [0.717, 1.165) is 0 Å². The van der Waals surface area contributed by atoms with Gasteiger partial charge in [-0.25, -0.2) is 0 Å². The minimum Gasteiger partial charge on any atom is -0.394 e. The molecule has 0 radical (unpaired) electrons. The first-order valence-corrected chi connectivity index (χ1v) is 28.2. The number of hydrogen-bond acceptors (Lipinski definition) is 27. The molecule has 0 saturated carbocycles. The van der Waals surface area contributed by atoms with Gasteiger partial charge >= 0.3 is 0 Å². The molecule has 3 heterocycles. The Kier molecular flexibility index (Phi) is 38.8. The number of ether oxygens (including phenoxy) is 15. The molecule has 30 nitrogen and oxygen atoms in total. The number of amides is 3. The maximum absolute atomic E-state index is 12.6. The van der Waals surface area contributed by atoms with Crippen LogP contribution < -0.4 is 16.0 Å². The van der Waals surface area contributed by atoms with Crippen LogP contribution in [0.5, 0.6) is 0 Å². The normalized spacial score (nSPS) is 29.3. The van der Waals surface area contributed by atoms with Gasteiger partial charge in [-0.1, -0.05) is 20.8 Å². The highest BCUT2D eigenvalue weighted by molar-refractivity contribution is 5.76. The summed E-state index contributed by atoms with van der Waals surface area (Å²) in [5, 5.41) is 96.8. The number of carbonyl (C=O) groups excluding carboxylic acids is 3. The Morgan fingerprint density at radius 3 is 0.939 bits per heavy atom. The van der Waals surface area contributed by atoms with Crippen LogP contribution in [0.2, 0.25) is 0 Å². The van der Waals surface area contributed by atoms with Crippen LogP contribution >= 0.6 is 0 Å². The Morgan fingerprint density at radius 1 is 0.378 bits per heavy atom. The Hall–Kier alpha value is -2.55. The van der Waals surface area contributed by atoms with Crippen molar-refractivity contribution in [1.82, 2.24) is 16.0 Å². The molecule has 0 bridgehead atoms. The Morgan fingerprint density at radius 2 is 0.646 bits per heavy atom. The molecule has 3 amide bonds. The molecule has 12 N–H and O–H groups in total. The quantitative estimate of drug-likeness (QED) is 0.0253. The van der Waals surface area contributed by atoms with Crippen molar-refractivity contribution in [2.75, 3.05) is 172 Å². The van der Waals surface area contributed by atoms with Gasteiger partial charge in [-0.2, -0.15) is 0 Å². The lowest BCUT2D eigenvalue weighted by molar-refractivity contribution is -0.284. The second-order valence-electron chi connectivity index (χ2n) is 20.2. The molecule has 0 spiro atoms. The average Bonchev–Trinajstić information content (AvgIpc) is 3.60. The first-order valence-electron chi connectivity index (χ1n) is 28.2. The SMILES string of the molecule is CC1C(OCCOCCOCCNC(=O)CCOCC(C)(COCCC(=O)NCCOCCOCCOC2OC(CO)C(O)C(O)C2C)OCCC(=O)NCCOCCOCCOC2OC(CO)C(O)C(O)C2C)OC(CO)C(O)C1O. The summed E-state index contributed by atoms with van der Waals surface area (Å²) in [6.07, 6.45) is -12.1. The fraction of sp³-hybridized carbons (Fsp3) is 0.942. The van der Waals surface area contributed by atoms with Crippen molar-refractivity contribution in [2.24, 2.45) is 17.8 Å². The fourth-order valence-corrected chi connectivity index (χ4v) is 8.34. The molecule has 0 aromatic rings. The van der Waals surface area contributed by atoms with Crippen LogP contribution in [0.4, 0.5) is 0 Å². The topological polar surface area (TPSA) is 408 Å². The zero-order chi connectivity index (χ0) is 60.1. The first kappa shape index (κ1) is 73.7. The minimum absolute atomic E-state index is 0.00141. The summed E-state index contributed by atoms with van der Waals surface area (Å²) < 4.78 is 84.2. The number of aliphatic hydroxyl groups is 9. The van der Waals surface area contributed by atoms with E-state index in [1.165, 1.54) is 0 Å². The summed E-state index contributed by atoms with van der Waals surface area (Å²) in [5.41, 5.74) is -1.06. The van der Waals surface area contributed by atoms with E-state index in [9.17, 15) is 60.3 Å². The van der Waals surface area contributed by atoms with E-state index >= 15 is 0 Å². The van der Waals surface area contributed by atoms with Crippen LogP contribution in [0.3, 0.4) is 0 Å². The van der Waals surface area contributed by atoms with Crippen LogP contribution in [-0.2, 0) is 85.4 Å². The second kappa shape index (κ2) is 43.1. The summed E-state index contributed by atoms with van der Waals surface area (Å²) in [6.45, 7) is 9.53. The average molecular weight is 1200 g/mol. The maximum Gasteiger partial charge on any atom is 0.222 e. The molecule has 0 aliphatic carbocycles. The highest BCUT2D eigenvalue weighted by Crippen LogP contribution is 2.29. The van der Waals surface area contributed by atoms with Crippen molar-refractivity contribution >= 4 is 17.7 Å². The lowest BCUT2D eigenvalue weighted by Gasteiger charge is -2.40. The van der Waals surface area contributed by atoms with Gasteiger partial charge in [-0.05, 0) is 6.92 Å². The number of carbonyl (C=O) groups is 3. The minimum atomic E-state index is -1.21. The van der Waals surface area contributed by atoms with Gasteiger partial charge < -0.3 is 133 Å². The molecule has 82 heavy (non-hydrogen) atoms. The third-order valence-electron chi connectivity index (χ3n) is 13.5. The number of hydrogen-bond donors (Lipinski definition) is 12. The van der Waals surface area contributed by atoms with Crippen LogP contribution in [0.1, 0.15) is 47.0 Å². The van der Waals surface area contributed by atoms with Gasteiger partial charge in [0.25, 0.3) is 0 Å². The summed E-state index contributed by atoms with van der Waals surface area (Å²) in [5.74, 6) is -2.36. The molecule has 0 aromatic carbocycles. The van der Waals surface area contributed by atoms with E-state index in [1.54, 1.807) is 27.7 Å². The summed E-state index contributed by atoms with van der Waals surface area (Å²) >= 11 is 0. The highest BCUT2D eigenvalue weighted by atomic mass is 16.7. The highest BCUT2D eigenvalue weighted by Gasteiger charge is 2.44. The molecular weight excluding hydrogens is 1100 g/mol. The lowest BCUT2D eigenvalue weighted by Crippen LogP contribution is -2.55. The molecule has 15 unspecified atom stereocenters. The molecule has 482 valence electrons. The molecule has 30 heteroatoms. The number of aliphatic hydroxyl groups excluding tert-OH is 9. The lowest BCUT2D eigenvalue weighted by atomic mass is 9.92. The third-order valence-corrected chi connectivity index (χ3v) is 13.5. The van der Waals surface area contributed by atoms with Crippen LogP contribution in [-0.4, -0.2) is 315 Å². The van der Waals surface area contributed by atoms with E-state index in [1.807, 2.05) is 0 Å². The van der Waals surface area contributed by atoms with Gasteiger partial charge in [0, 0.05) is 56.7 Å². The largest absolute Gasteiger partial charge is 0.394 e. The van der Waals surface area contributed by atoms with E-state index in [-0.39, 0.29) is 189 Å². The molecule has 3 rings (SSSR count). The summed E-state index contributed by atoms with van der Waals surface area (Å²) in [6, 6.07) is 0. The Bertz CT molecular complexity index is 1590. The van der Waals surface area contributed by atoms with Crippen LogP contribution in [0.25, 0.3) is 0 Å². The van der Waals surface area contributed by atoms with Crippen molar-refractivity contribution in [2.45, 2.75) is 126 Å². The Balaban J connectivity index is 1.27. The van der Waals surface area contributed by atoms with E-state index in [0.29, 0.717) is 0 Å². The van der Waals surface area contributed by atoms with Gasteiger partial charge in [0.05, 0.1) is 170 Å². The van der Waals surface area contributed by atoms with Gasteiger partial charge in [0.15, 0.2) is 18.9 Å². The number of nitrogens with one attached hydrogen (secondary N) is 3. The monoisotopic (exact) mass is 1200 g/mol. The molecule has 3 aliphatic rings. The molecular formula is C52H97N3O27. The van der Waals surface area contributed by atoms with Gasteiger partial charge in [0.1, 0.15) is 42.2 Å². The molecule has 0 aromatic heterocycles. The van der Waals surface area contributed by atoms with Crippen molar-refractivity contribution in [3.8, 4) is 0 Å². The van der Waals surface area contributed by atoms with E-state index < -0.39 is 117 Å². The van der Waals surface area contributed by atoms with Crippen LogP contribution in [0.15, 0.2) is 0 Å². The maximum atomic E-state index is 12.6. The molecule has 3 fully saturated rings. The standard InChI is InChI=1S/C52H97N3O27/c1-34-43(62)46(65)37(29-56)80-49(34)76-26-23-71-20-17-68-14-8-53-40(59)5-11-74-32-52(4,79-13-7-42(61)55-10-16-70-19-22-73-25-28-78-51-36(3)45(64)48(67)39(31-58)82-51)33-75-12-6-41(60)54-9-15-69-18-21-72-24-27-77-50-35(2)44(63)47(66)38(30-57)81-50/h34-39,43-51,56-58,62-67H,5-33H2,1-4H3,(H,53,59)(H,54,60)(H,55,61). The van der Waals surface area contributed by atoms with E-state index in [2.05, 4.69) is 16.0 Å². The zero-order valence-corrected chi connectivity index (χ0v) is 48.0. The molecule has 3 saturated heterocycles. The zero-order valence-electron chi connectivity index (χ0n) is 48.0. The van der Waals surface area contributed by atoms with Crippen LogP contribution in [0, 0.1) is 17.8 Å². The molecule has 15 atom stereocenters. The predicted octanol–water partition coefficient (Wildman–Crippen LogP) is -5.31. The summed E-state index contributed by atoms with van der Waals surface area (Å²) in [7, 11) is 0. The van der Waals surface area contributed by atoms with Crippen molar-refractivity contribution < 1.29 is 131 Å². The number of rotatable bonds is 47. The van der Waals surface area contributed by atoms with Gasteiger partial charge in [0.2, 0.25) is 17.7 Å². The summed E-state index contributed by atoms with van der Waals surface area (Å²) in [4.78, 5) is 37.7. The first-order chi connectivity index (χ1) is 39.5. The Labute approximate surface area is 479 Å². The van der Waals surface area contributed by atoms with Gasteiger partial charge in [-0.3, -0.25) is 14.4 Å². The predicted molar refractivity (Wildman–Crippen MR) is 282 cm³/mol. The van der Waals surface area contributed by atoms with Crippen molar-refractivity contribution in [3.05, 3.63) is 0 Å². The van der Waals surface area contributed by atoms with Crippen molar-refractivity contribution in [1.29, 1.82) is 0 Å². The fourth-order valence-electron chi connectivity index (χ4n) is 8.34. The molecule has 3 aliphatic heterocycles. The van der Waals surface area contributed by atoms with E-state index in [4.69, 9.17) is 71.1 Å². The second-order valence-corrected chi connectivity index (χ2v) is 20.2. The van der Waals surface area contributed by atoms with Crippen molar-refractivity contribution in [3.63, 3.8) is 0 Å². The van der Waals surface area contributed by atoms with Gasteiger partial charge in [-0.15, -0.1) is 0 Å².